The molecule has 0 aliphatic carbocycles. The molecule has 0 spiro atoms. The van der Waals surface area contributed by atoms with Gasteiger partial charge in [0.2, 0.25) is 5.95 Å². The first kappa shape index (κ1) is 13.2. The standard InChI is InChI=1S/C9H13N7O2S/c1-2-16-4-3-8(14-16)15-19(17,18)7-5-11-9(13-10)12-6-7/h3-6H,2,10H2,1H3,(H,14,15)(H,11,12,13). The molecule has 0 aliphatic heterocycles. The third kappa shape index (κ3) is 2.98. The first-order chi connectivity index (χ1) is 9.05. The summed E-state index contributed by atoms with van der Waals surface area (Å²) in [6.07, 6.45) is 3.98. The van der Waals surface area contributed by atoms with Crippen molar-refractivity contribution >= 4 is 21.8 Å². The van der Waals surface area contributed by atoms with Gasteiger partial charge in [0.05, 0.1) is 12.4 Å². The number of nitrogens with one attached hydrogen (secondary N) is 2. The first-order valence-electron chi connectivity index (χ1n) is 5.40. The number of nitrogens with zero attached hydrogens (tertiary/aromatic N) is 4. The molecule has 2 aromatic heterocycles. The molecule has 0 saturated carbocycles. The van der Waals surface area contributed by atoms with Crippen LogP contribution in [0.15, 0.2) is 29.6 Å². The van der Waals surface area contributed by atoms with Crippen LogP contribution in [0.2, 0.25) is 0 Å². The zero-order valence-corrected chi connectivity index (χ0v) is 10.9. The van der Waals surface area contributed by atoms with E-state index in [-0.39, 0.29) is 16.7 Å². The number of hydrogen-bond acceptors (Lipinski definition) is 7. The molecular weight excluding hydrogens is 270 g/mol. The highest BCUT2D eigenvalue weighted by Crippen LogP contribution is 2.13. The first-order valence-corrected chi connectivity index (χ1v) is 6.88. The molecular formula is C9H13N7O2S. The summed E-state index contributed by atoms with van der Waals surface area (Å²) in [5.41, 5.74) is 2.21. The van der Waals surface area contributed by atoms with Gasteiger partial charge in [-0.15, -0.1) is 0 Å². The lowest BCUT2D eigenvalue weighted by Crippen LogP contribution is -2.16. The monoisotopic (exact) mass is 283 g/mol. The molecule has 102 valence electrons. The van der Waals surface area contributed by atoms with E-state index < -0.39 is 10.0 Å². The lowest BCUT2D eigenvalue weighted by atomic mass is 10.7. The summed E-state index contributed by atoms with van der Waals surface area (Å²) in [4.78, 5) is 7.40. The van der Waals surface area contributed by atoms with Crippen molar-refractivity contribution in [3.8, 4) is 0 Å². The highest BCUT2D eigenvalue weighted by atomic mass is 32.2. The van der Waals surface area contributed by atoms with Crippen LogP contribution in [0, 0.1) is 0 Å². The van der Waals surface area contributed by atoms with Gasteiger partial charge in [0.15, 0.2) is 5.82 Å². The second kappa shape index (κ2) is 5.20. The second-order valence-corrected chi connectivity index (χ2v) is 5.23. The minimum absolute atomic E-state index is 0.0717. The molecule has 0 saturated heterocycles. The summed E-state index contributed by atoms with van der Waals surface area (Å²) in [5, 5.41) is 4.03. The number of hydrogen-bond donors (Lipinski definition) is 3. The fourth-order valence-corrected chi connectivity index (χ4v) is 2.20. The SMILES string of the molecule is CCn1ccc(NS(=O)(=O)c2cnc(NN)nc2)n1. The molecule has 0 atom stereocenters. The second-order valence-electron chi connectivity index (χ2n) is 3.55. The Morgan fingerprint density at radius 3 is 2.58 bits per heavy atom. The number of hydrazine groups is 1. The number of nitrogens with two attached hydrogens (primary N) is 1. The van der Waals surface area contributed by atoms with E-state index in [0.717, 1.165) is 12.4 Å². The van der Waals surface area contributed by atoms with E-state index in [1.165, 1.54) is 0 Å². The van der Waals surface area contributed by atoms with Gasteiger partial charge in [-0.3, -0.25) is 14.8 Å². The third-order valence-corrected chi connectivity index (χ3v) is 3.58. The molecule has 0 fully saturated rings. The molecule has 19 heavy (non-hydrogen) atoms. The van der Waals surface area contributed by atoms with Crippen molar-refractivity contribution in [1.82, 2.24) is 19.7 Å². The van der Waals surface area contributed by atoms with Crippen LogP contribution in [-0.4, -0.2) is 28.2 Å². The Kier molecular flexibility index (Phi) is 3.62. The van der Waals surface area contributed by atoms with Gasteiger partial charge in [0.1, 0.15) is 4.90 Å². The minimum atomic E-state index is -3.75. The number of rotatable bonds is 5. The van der Waals surface area contributed by atoms with Crippen LogP contribution in [0.4, 0.5) is 11.8 Å². The number of nitrogen functional groups attached to an aromatic ring is 1. The van der Waals surface area contributed by atoms with Crippen molar-refractivity contribution in [2.24, 2.45) is 5.84 Å². The van der Waals surface area contributed by atoms with Gasteiger partial charge in [-0.05, 0) is 6.92 Å². The maximum absolute atomic E-state index is 12.0. The average Bonchev–Trinajstić information content (AvgIpc) is 2.85. The molecule has 2 aromatic rings. The van der Waals surface area contributed by atoms with E-state index in [4.69, 9.17) is 5.84 Å². The van der Waals surface area contributed by atoms with Crippen LogP contribution in [0.25, 0.3) is 0 Å². The van der Waals surface area contributed by atoms with E-state index >= 15 is 0 Å². The van der Waals surface area contributed by atoms with Crippen molar-refractivity contribution in [3.05, 3.63) is 24.7 Å². The van der Waals surface area contributed by atoms with Crippen LogP contribution in [-0.2, 0) is 16.6 Å². The van der Waals surface area contributed by atoms with Gasteiger partial charge >= 0.3 is 0 Å². The van der Waals surface area contributed by atoms with E-state index in [2.05, 4.69) is 25.2 Å². The summed E-state index contributed by atoms with van der Waals surface area (Å²) in [5.74, 6) is 5.47. The van der Waals surface area contributed by atoms with Gasteiger partial charge in [-0.25, -0.2) is 24.2 Å². The van der Waals surface area contributed by atoms with Gasteiger partial charge < -0.3 is 0 Å². The number of aromatic nitrogens is 4. The molecule has 0 aliphatic rings. The smallest absolute Gasteiger partial charge is 0.266 e. The average molecular weight is 283 g/mol. The molecule has 4 N–H and O–H groups in total. The Labute approximate surface area is 109 Å². The Morgan fingerprint density at radius 1 is 1.37 bits per heavy atom. The highest BCUT2D eigenvalue weighted by Gasteiger charge is 2.16. The van der Waals surface area contributed by atoms with E-state index in [1.54, 1.807) is 16.9 Å². The Hall–Kier alpha value is -2.20. The summed E-state index contributed by atoms with van der Waals surface area (Å²) in [7, 11) is -3.75. The normalized spacial score (nSPS) is 11.3. The molecule has 2 rings (SSSR count). The molecule has 2 heterocycles. The zero-order chi connectivity index (χ0) is 13.9. The fourth-order valence-electron chi connectivity index (χ4n) is 1.32. The predicted molar refractivity (Wildman–Crippen MR) is 68.6 cm³/mol. The van der Waals surface area contributed by atoms with Gasteiger partial charge in [0.25, 0.3) is 10.0 Å². The summed E-state index contributed by atoms with van der Waals surface area (Å²) >= 11 is 0. The largest absolute Gasteiger partial charge is 0.292 e. The van der Waals surface area contributed by atoms with E-state index in [9.17, 15) is 8.42 Å². The van der Waals surface area contributed by atoms with Crippen molar-refractivity contribution in [3.63, 3.8) is 0 Å². The van der Waals surface area contributed by atoms with E-state index in [1.807, 2.05) is 6.92 Å². The molecule has 10 heteroatoms. The van der Waals surface area contributed by atoms with E-state index in [0.29, 0.717) is 6.54 Å². The topological polar surface area (TPSA) is 128 Å². The van der Waals surface area contributed by atoms with Crippen LogP contribution in [0.5, 0.6) is 0 Å². The fraction of sp³-hybridized carbons (Fsp3) is 0.222. The van der Waals surface area contributed by atoms with Gasteiger partial charge in [0, 0.05) is 18.8 Å². The Balaban J connectivity index is 2.21. The quantitative estimate of drug-likeness (QED) is 0.511. The summed E-state index contributed by atoms with van der Waals surface area (Å²) in [6.45, 7) is 2.55. The molecule has 0 amide bonds. The highest BCUT2D eigenvalue weighted by molar-refractivity contribution is 7.92. The van der Waals surface area contributed by atoms with Crippen LogP contribution in [0.3, 0.4) is 0 Å². The minimum Gasteiger partial charge on any atom is -0.292 e. The van der Waals surface area contributed by atoms with Gasteiger partial charge in [-0.1, -0.05) is 0 Å². The molecule has 9 nitrogen and oxygen atoms in total. The lowest BCUT2D eigenvalue weighted by molar-refractivity contribution is 0.599. The predicted octanol–water partition coefficient (Wildman–Crippen LogP) is -0.221. The molecule has 0 bridgehead atoms. The summed E-state index contributed by atoms with van der Waals surface area (Å²) < 4.78 is 28.0. The maximum Gasteiger partial charge on any atom is 0.266 e. The molecule has 0 unspecified atom stereocenters. The molecule has 0 radical (unpaired) electrons. The van der Waals surface area contributed by atoms with Crippen molar-refractivity contribution in [2.45, 2.75) is 18.4 Å². The van der Waals surface area contributed by atoms with Crippen LogP contribution < -0.4 is 16.0 Å². The Bertz CT molecular complexity index is 649. The van der Waals surface area contributed by atoms with Crippen molar-refractivity contribution in [1.29, 1.82) is 0 Å². The van der Waals surface area contributed by atoms with Gasteiger partial charge in [-0.2, -0.15) is 5.10 Å². The van der Waals surface area contributed by atoms with Crippen LogP contribution in [0.1, 0.15) is 6.92 Å². The maximum atomic E-state index is 12.0. The molecule has 0 aromatic carbocycles. The zero-order valence-electron chi connectivity index (χ0n) is 10.1. The van der Waals surface area contributed by atoms with Crippen molar-refractivity contribution < 1.29 is 8.42 Å². The number of anilines is 2. The lowest BCUT2D eigenvalue weighted by Gasteiger charge is -2.05. The number of aryl methyl sites for hydroxylation is 1. The summed E-state index contributed by atoms with van der Waals surface area (Å²) in [6, 6.07) is 1.57. The van der Waals surface area contributed by atoms with Crippen molar-refractivity contribution in [2.75, 3.05) is 10.1 Å². The number of sulfonamides is 1. The third-order valence-electron chi connectivity index (χ3n) is 2.27. The van der Waals surface area contributed by atoms with Crippen LogP contribution >= 0.6 is 0 Å². The Morgan fingerprint density at radius 2 is 2.05 bits per heavy atom.